The molecule has 2 N–H and O–H groups in total. The van der Waals surface area contributed by atoms with Gasteiger partial charge < -0.3 is 15.2 Å². The first-order valence-electron chi connectivity index (χ1n) is 5.29. The molecular formula is C11H13F3N2O2S. The summed E-state index contributed by atoms with van der Waals surface area (Å²) >= 11 is 4.75. The second-order valence-corrected chi connectivity index (χ2v) is 4.23. The molecule has 0 fully saturated rings. The van der Waals surface area contributed by atoms with Crippen molar-refractivity contribution in [2.24, 2.45) is 5.73 Å². The SMILES string of the molecule is COCC(C)Oc1nc(C(F)(F)F)ccc1C(N)=S. The fourth-order valence-electron chi connectivity index (χ4n) is 1.33. The van der Waals surface area contributed by atoms with E-state index in [-0.39, 0.29) is 23.0 Å². The third-order valence-corrected chi connectivity index (χ3v) is 2.35. The number of hydrogen-bond acceptors (Lipinski definition) is 4. The van der Waals surface area contributed by atoms with Crippen LogP contribution in [0.3, 0.4) is 0 Å². The Hall–Kier alpha value is -1.41. The number of aromatic nitrogens is 1. The van der Waals surface area contributed by atoms with E-state index in [0.717, 1.165) is 12.1 Å². The fraction of sp³-hybridized carbons (Fsp3) is 0.455. The topological polar surface area (TPSA) is 57.4 Å². The number of halogens is 3. The molecule has 1 aromatic rings. The number of pyridine rings is 1. The first kappa shape index (κ1) is 15.6. The van der Waals surface area contributed by atoms with Gasteiger partial charge in [-0.15, -0.1) is 0 Å². The average Bonchev–Trinajstić information content (AvgIpc) is 2.27. The van der Waals surface area contributed by atoms with Crippen molar-refractivity contribution in [1.29, 1.82) is 0 Å². The Kier molecular flexibility index (Phi) is 5.07. The van der Waals surface area contributed by atoms with Crippen molar-refractivity contribution in [3.63, 3.8) is 0 Å². The normalized spacial score (nSPS) is 13.1. The summed E-state index contributed by atoms with van der Waals surface area (Å²) in [5, 5.41) is 0. The van der Waals surface area contributed by atoms with E-state index in [1.54, 1.807) is 6.92 Å². The summed E-state index contributed by atoms with van der Waals surface area (Å²) in [5.74, 6) is -0.244. The largest absolute Gasteiger partial charge is 0.472 e. The lowest BCUT2D eigenvalue weighted by molar-refractivity contribution is -0.141. The summed E-state index contributed by atoms with van der Waals surface area (Å²) in [6.07, 6.45) is -5.04. The van der Waals surface area contributed by atoms with Crippen molar-refractivity contribution in [2.75, 3.05) is 13.7 Å². The van der Waals surface area contributed by atoms with Gasteiger partial charge in [0.1, 0.15) is 16.8 Å². The van der Waals surface area contributed by atoms with E-state index in [9.17, 15) is 13.2 Å². The van der Waals surface area contributed by atoms with E-state index in [1.807, 2.05) is 0 Å². The molecule has 0 saturated carbocycles. The van der Waals surface area contributed by atoms with Gasteiger partial charge in [-0.1, -0.05) is 12.2 Å². The second-order valence-electron chi connectivity index (χ2n) is 3.80. The van der Waals surface area contributed by atoms with Crippen LogP contribution in [0.5, 0.6) is 5.88 Å². The van der Waals surface area contributed by atoms with Crippen molar-refractivity contribution in [1.82, 2.24) is 4.98 Å². The lowest BCUT2D eigenvalue weighted by atomic mass is 10.2. The van der Waals surface area contributed by atoms with E-state index >= 15 is 0 Å². The molecule has 1 unspecified atom stereocenters. The van der Waals surface area contributed by atoms with Gasteiger partial charge >= 0.3 is 6.18 Å². The van der Waals surface area contributed by atoms with Crippen LogP contribution < -0.4 is 10.5 Å². The van der Waals surface area contributed by atoms with E-state index in [1.165, 1.54) is 7.11 Å². The van der Waals surface area contributed by atoms with Crippen LogP contribution in [0, 0.1) is 0 Å². The molecule has 0 aliphatic carbocycles. The first-order valence-corrected chi connectivity index (χ1v) is 5.70. The smallest absolute Gasteiger partial charge is 0.433 e. The maximum atomic E-state index is 12.6. The van der Waals surface area contributed by atoms with Crippen LogP contribution >= 0.6 is 12.2 Å². The summed E-state index contributed by atoms with van der Waals surface area (Å²) < 4.78 is 47.9. The molecule has 0 amide bonds. The van der Waals surface area contributed by atoms with Gasteiger partial charge in [-0.3, -0.25) is 0 Å². The minimum atomic E-state index is -4.56. The summed E-state index contributed by atoms with van der Waals surface area (Å²) in [4.78, 5) is 3.33. The van der Waals surface area contributed by atoms with E-state index in [2.05, 4.69) is 4.98 Å². The summed E-state index contributed by atoms with van der Waals surface area (Å²) in [6, 6.07) is 1.95. The molecule has 8 heteroatoms. The van der Waals surface area contributed by atoms with E-state index in [4.69, 9.17) is 27.4 Å². The minimum Gasteiger partial charge on any atom is -0.472 e. The van der Waals surface area contributed by atoms with Crippen LogP contribution in [-0.4, -0.2) is 29.8 Å². The monoisotopic (exact) mass is 294 g/mol. The van der Waals surface area contributed by atoms with Gasteiger partial charge in [0.05, 0.1) is 12.2 Å². The Morgan fingerprint density at radius 3 is 2.58 bits per heavy atom. The average molecular weight is 294 g/mol. The third kappa shape index (κ3) is 4.32. The van der Waals surface area contributed by atoms with Gasteiger partial charge in [-0.05, 0) is 19.1 Å². The van der Waals surface area contributed by atoms with E-state index < -0.39 is 18.0 Å². The van der Waals surface area contributed by atoms with Crippen LogP contribution in [0.1, 0.15) is 18.2 Å². The zero-order chi connectivity index (χ0) is 14.6. The van der Waals surface area contributed by atoms with Gasteiger partial charge in [-0.25, -0.2) is 4.98 Å². The molecule has 1 aromatic heterocycles. The van der Waals surface area contributed by atoms with Crippen molar-refractivity contribution in [3.05, 3.63) is 23.4 Å². The zero-order valence-corrected chi connectivity index (χ0v) is 11.1. The van der Waals surface area contributed by atoms with Crippen molar-refractivity contribution in [2.45, 2.75) is 19.2 Å². The number of rotatable bonds is 5. The number of methoxy groups -OCH3 is 1. The number of alkyl halides is 3. The van der Waals surface area contributed by atoms with E-state index in [0.29, 0.717) is 0 Å². The van der Waals surface area contributed by atoms with Crippen molar-refractivity contribution in [3.8, 4) is 5.88 Å². The number of ether oxygens (including phenoxy) is 2. The van der Waals surface area contributed by atoms with Crippen LogP contribution in [0.25, 0.3) is 0 Å². The number of hydrogen-bond donors (Lipinski definition) is 1. The molecule has 1 atom stereocenters. The Labute approximate surface area is 113 Å². The molecule has 106 valence electrons. The van der Waals surface area contributed by atoms with Crippen LogP contribution in [0.2, 0.25) is 0 Å². The Morgan fingerprint density at radius 1 is 1.47 bits per heavy atom. The Bertz CT molecular complexity index is 466. The zero-order valence-electron chi connectivity index (χ0n) is 10.3. The molecule has 0 saturated heterocycles. The standard InChI is InChI=1S/C11H13F3N2O2S/c1-6(5-17-2)18-10-7(9(15)19)3-4-8(16-10)11(12,13)14/h3-4,6H,5H2,1-2H3,(H2,15,19). The van der Waals surface area contributed by atoms with Crippen LogP contribution in [0.4, 0.5) is 13.2 Å². The molecule has 1 rings (SSSR count). The first-order chi connectivity index (χ1) is 8.75. The van der Waals surface area contributed by atoms with Gasteiger partial charge in [0.25, 0.3) is 0 Å². The van der Waals surface area contributed by atoms with Gasteiger partial charge in [-0.2, -0.15) is 13.2 Å². The number of nitrogens with zero attached hydrogens (tertiary/aromatic N) is 1. The lowest BCUT2D eigenvalue weighted by Gasteiger charge is -2.16. The minimum absolute atomic E-state index is 0.0826. The maximum absolute atomic E-state index is 12.6. The highest BCUT2D eigenvalue weighted by molar-refractivity contribution is 7.80. The molecule has 19 heavy (non-hydrogen) atoms. The molecule has 0 aromatic carbocycles. The molecular weight excluding hydrogens is 281 g/mol. The van der Waals surface area contributed by atoms with Crippen LogP contribution in [-0.2, 0) is 10.9 Å². The van der Waals surface area contributed by atoms with Gasteiger partial charge in [0.2, 0.25) is 5.88 Å². The lowest BCUT2D eigenvalue weighted by Crippen LogP contribution is -2.22. The molecule has 0 bridgehead atoms. The molecule has 0 aliphatic rings. The summed E-state index contributed by atoms with van der Waals surface area (Å²) in [6.45, 7) is 1.84. The summed E-state index contributed by atoms with van der Waals surface area (Å²) in [5.41, 5.74) is 4.52. The fourth-order valence-corrected chi connectivity index (χ4v) is 1.49. The predicted octanol–water partition coefficient (Wildman–Crippen LogP) is 2.15. The maximum Gasteiger partial charge on any atom is 0.433 e. The molecule has 0 radical (unpaired) electrons. The highest BCUT2D eigenvalue weighted by atomic mass is 32.1. The highest BCUT2D eigenvalue weighted by Crippen LogP contribution is 2.30. The number of nitrogens with two attached hydrogens (primary N) is 1. The van der Waals surface area contributed by atoms with Crippen molar-refractivity contribution < 1.29 is 22.6 Å². The van der Waals surface area contributed by atoms with Gasteiger partial charge in [0, 0.05) is 7.11 Å². The van der Waals surface area contributed by atoms with Gasteiger partial charge in [0.15, 0.2) is 0 Å². The molecule has 0 spiro atoms. The Morgan fingerprint density at radius 2 is 2.11 bits per heavy atom. The summed E-state index contributed by atoms with van der Waals surface area (Å²) in [7, 11) is 1.45. The molecule has 1 heterocycles. The second kappa shape index (κ2) is 6.16. The van der Waals surface area contributed by atoms with Crippen LogP contribution in [0.15, 0.2) is 12.1 Å². The number of thiocarbonyl (C=S) groups is 1. The quantitative estimate of drug-likeness (QED) is 0.843. The molecule has 0 aliphatic heterocycles. The third-order valence-electron chi connectivity index (χ3n) is 2.13. The Balaban J connectivity index is 3.12. The molecule has 4 nitrogen and oxygen atoms in total. The van der Waals surface area contributed by atoms with Crippen molar-refractivity contribution >= 4 is 17.2 Å². The predicted molar refractivity (Wildman–Crippen MR) is 67.1 cm³/mol. The highest BCUT2D eigenvalue weighted by Gasteiger charge is 2.33.